The minimum absolute atomic E-state index is 0.0723. The molecule has 2 aromatic carbocycles. The highest BCUT2D eigenvalue weighted by molar-refractivity contribution is 7.89. The molecule has 30 heavy (non-hydrogen) atoms. The standard InChI is InChI=1S/C21H23N3O5S/c1-14(2)19(24-30(26,27)17-7-5-4-6-8-17)21(25)28-13-18-22-23-20(29-18)16-11-9-15(3)10-12-16/h4-12,14,19,24H,13H2,1-3H3. The molecule has 3 aromatic rings. The van der Waals surface area contributed by atoms with Crippen molar-refractivity contribution in [2.24, 2.45) is 5.92 Å². The SMILES string of the molecule is Cc1ccc(-c2nnc(COC(=O)C(NS(=O)(=O)c3ccccc3)C(C)C)o2)cc1. The number of hydrogen-bond donors (Lipinski definition) is 1. The molecule has 1 heterocycles. The van der Waals surface area contributed by atoms with Gasteiger partial charge in [0.1, 0.15) is 6.04 Å². The molecule has 0 bridgehead atoms. The van der Waals surface area contributed by atoms with Crippen LogP contribution in [-0.4, -0.2) is 30.6 Å². The Bertz CT molecular complexity index is 1090. The molecule has 158 valence electrons. The van der Waals surface area contributed by atoms with Gasteiger partial charge in [-0.2, -0.15) is 4.72 Å². The molecule has 0 fully saturated rings. The third-order valence-electron chi connectivity index (χ3n) is 4.36. The van der Waals surface area contributed by atoms with Crippen LogP contribution in [0.25, 0.3) is 11.5 Å². The molecule has 1 atom stereocenters. The number of esters is 1. The monoisotopic (exact) mass is 429 g/mol. The van der Waals surface area contributed by atoms with E-state index in [4.69, 9.17) is 9.15 Å². The average molecular weight is 429 g/mol. The lowest BCUT2D eigenvalue weighted by molar-refractivity contribution is -0.148. The fraction of sp³-hybridized carbons (Fsp3) is 0.286. The first-order valence-corrected chi connectivity index (χ1v) is 10.9. The van der Waals surface area contributed by atoms with E-state index in [1.165, 1.54) is 12.1 Å². The molecule has 0 saturated carbocycles. The van der Waals surface area contributed by atoms with Crippen LogP contribution in [0, 0.1) is 12.8 Å². The van der Waals surface area contributed by atoms with Crippen LogP contribution >= 0.6 is 0 Å². The van der Waals surface area contributed by atoms with Crippen LogP contribution in [0.3, 0.4) is 0 Å². The zero-order chi connectivity index (χ0) is 21.7. The predicted octanol–water partition coefficient (Wildman–Crippen LogP) is 3.09. The third-order valence-corrected chi connectivity index (χ3v) is 5.82. The van der Waals surface area contributed by atoms with Gasteiger partial charge in [-0.15, -0.1) is 10.2 Å². The van der Waals surface area contributed by atoms with E-state index < -0.39 is 22.0 Å². The molecule has 0 aliphatic carbocycles. The van der Waals surface area contributed by atoms with E-state index in [1.54, 1.807) is 32.0 Å². The maximum absolute atomic E-state index is 12.6. The fourth-order valence-electron chi connectivity index (χ4n) is 2.64. The number of ether oxygens (including phenoxy) is 1. The Morgan fingerprint density at radius 3 is 2.37 bits per heavy atom. The van der Waals surface area contributed by atoms with Crippen molar-refractivity contribution < 1.29 is 22.4 Å². The Morgan fingerprint density at radius 2 is 1.73 bits per heavy atom. The third kappa shape index (κ3) is 5.31. The summed E-state index contributed by atoms with van der Waals surface area (Å²) in [6.45, 7) is 5.16. The van der Waals surface area contributed by atoms with E-state index in [0.29, 0.717) is 5.89 Å². The second kappa shape index (κ2) is 9.19. The second-order valence-corrected chi connectivity index (χ2v) is 8.84. The Balaban J connectivity index is 1.65. The first-order valence-electron chi connectivity index (χ1n) is 9.39. The molecule has 1 unspecified atom stereocenters. The minimum Gasteiger partial charge on any atom is -0.454 e. The lowest BCUT2D eigenvalue weighted by atomic mass is 10.1. The van der Waals surface area contributed by atoms with Crippen molar-refractivity contribution in [3.05, 3.63) is 66.1 Å². The molecule has 0 saturated heterocycles. The largest absolute Gasteiger partial charge is 0.454 e. The molecule has 8 nitrogen and oxygen atoms in total. The van der Waals surface area contributed by atoms with Gasteiger partial charge >= 0.3 is 5.97 Å². The van der Waals surface area contributed by atoms with Gasteiger partial charge in [0.2, 0.25) is 15.9 Å². The molecule has 0 aliphatic rings. The van der Waals surface area contributed by atoms with E-state index in [-0.39, 0.29) is 23.3 Å². The number of sulfonamides is 1. The van der Waals surface area contributed by atoms with Crippen LogP contribution in [0.5, 0.6) is 0 Å². The molecule has 0 radical (unpaired) electrons. The van der Waals surface area contributed by atoms with Crippen molar-refractivity contribution >= 4 is 16.0 Å². The highest BCUT2D eigenvalue weighted by atomic mass is 32.2. The van der Waals surface area contributed by atoms with Crippen LogP contribution in [0.2, 0.25) is 0 Å². The number of hydrogen-bond acceptors (Lipinski definition) is 7. The number of nitrogens with one attached hydrogen (secondary N) is 1. The van der Waals surface area contributed by atoms with Gasteiger partial charge in [0.15, 0.2) is 6.61 Å². The van der Waals surface area contributed by atoms with Gasteiger partial charge in [0.25, 0.3) is 5.89 Å². The second-order valence-electron chi connectivity index (χ2n) is 7.13. The Hall–Kier alpha value is -3.04. The summed E-state index contributed by atoms with van der Waals surface area (Å²) >= 11 is 0. The van der Waals surface area contributed by atoms with E-state index in [0.717, 1.165) is 11.1 Å². The van der Waals surface area contributed by atoms with E-state index in [1.807, 2.05) is 31.2 Å². The predicted molar refractivity (Wildman–Crippen MR) is 110 cm³/mol. The van der Waals surface area contributed by atoms with E-state index >= 15 is 0 Å². The molecule has 1 aromatic heterocycles. The lowest BCUT2D eigenvalue weighted by Crippen LogP contribution is -2.45. The minimum atomic E-state index is -3.87. The summed E-state index contributed by atoms with van der Waals surface area (Å²) < 4.78 is 38.3. The van der Waals surface area contributed by atoms with Crippen molar-refractivity contribution in [3.8, 4) is 11.5 Å². The van der Waals surface area contributed by atoms with E-state index in [2.05, 4.69) is 14.9 Å². The first kappa shape index (κ1) is 21.7. The number of aromatic nitrogens is 2. The first-order chi connectivity index (χ1) is 14.3. The number of rotatable bonds is 8. The maximum atomic E-state index is 12.6. The van der Waals surface area contributed by atoms with Crippen LogP contribution in [0.1, 0.15) is 25.3 Å². The van der Waals surface area contributed by atoms with Gasteiger partial charge < -0.3 is 9.15 Å². The lowest BCUT2D eigenvalue weighted by Gasteiger charge is -2.20. The highest BCUT2D eigenvalue weighted by Gasteiger charge is 2.30. The van der Waals surface area contributed by atoms with Crippen molar-refractivity contribution in [2.75, 3.05) is 0 Å². The van der Waals surface area contributed by atoms with Gasteiger partial charge in [-0.25, -0.2) is 8.42 Å². The number of aryl methyl sites for hydroxylation is 1. The summed E-state index contributed by atoms with van der Waals surface area (Å²) in [5.41, 5.74) is 1.85. The quantitative estimate of drug-likeness (QED) is 0.548. The topological polar surface area (TPSA) is 111 Å². The van der Waals surface area contributed by atoms with Crippen molar-refractivity contribution in [3.63, 3.8) is 0 Å². The van der Waals surface area contributed by atoms with Crippen molar-refractivity contribution in [1.29, 1.82) is 0 Å². The van der Waals surface area contributed by atoms with Crippen LogP contribution in [0.15, 0.2) is 63.9 Å². The smallest absolute Gasteiger partial charge is 0.324 e. The van der Waals surface area contributed by atoms with Crippen molar-refractivity contribution in [1.82, 2.24) is 14.9 Å². The normalized spacial score (nSPS) is 12.7. The zero-order valence-electron chi connectivity index (χ0n) is 16.9. The van der Waals surface area contributed by atoms with Crippen LogP contribution in [-0.2, 0) is 26.2 Å². The van der Waals surface area contributed by atoms with Gasteiger partial charge in [-0.1, -0.05) is 49.7 Å². The highest BCUT2D eigenvalue weighted by Crippen LogP contribution is 2.19. The Kier molecular flexibility index (Phi) is 6.63. The molecular weight excluding hydrogens is 406 g/mol. The molecule has 1 N–H and O–H groups in total. The zero-order valence-corrected chi connectivity index (χ0v) is 17.7. The molecular formula is C21H23N3O5S. The summed E-state index contributed by atoms with van der Waals surface area (Å²) in [6, 6.07) is 14.3. The molecule has 0 aliphatic heterocycles. The summed E-state index contributed by atoms with van der Waals surface area (Å²) in [6.07, 6.45) is 0. The number of carbonyl (C=O) groups excluding carboxylic acids is 1. The molecule has 0 amide bonds. The average Bonchev–Trinajstić information content (AvgIpc) is 3.20. The molecule has 3 rings (SSSR count). The van der Waals surface area contributed by atoms with Gasteiger partial charge in [-0.3, -0.25) is 4.79 Å². The van der Waals surface area contributed by atoms with Crippen LogP contribution < -0.4 is 4.72 Å². The van der Waals surface area contributed by atoms with E-state index in [9.17, 15) is 13.2 Å². The summed E-state index contributed by atoms with van der Waals surface area (Å²) in [5.74, 6) is -0.625. The summed E-state index contributed by atoms with van der Waals surface area (Å²) in [5, 5.41) is 7.83. The van der Waals surface area contributed by atoms with Gasteiger partial charge in [-0.05, 0) is 37.1 Å². The summed E-state index contributed by atoms with van der Waals surface area (Å²) in [4.78, 5) is 12.6. The number of benzene rings is 2. The molecule has 9 heteroatoms. The maximum Gasteiger partial charge on any atom is 0.324 e. The number of carbonyl (C=O) groups is 1. The fourth-order valence-corrected chi connectivity index (χ4v) is 3.99. The number of nitrogens with zero attached hydrogens (tertiary/aromatic N) is 2. The Morgan fingerprint density at radius 1 is 1.07 bits per heavy atom. The Labute approximate surface area is 175 Å². The van der Waals surface area contributed by atoms with Crippen LogP contribution in [0.4, 0.5) is 0 Å². The van der Waals surface area contributed by atoms with Gasteiger partial charge in [0, 0.05) is 5.56 Å². The summed E-state index contributed by atoms with van der Waals surface area (Å²) in [7, 11) is -3.87. The van der Waals surface area contributed by atoms with Gasteiger partial charge in [0.05, 0.1) is 4.90 Å². The molecule has 0 spiro atoms. The van der Waals surface area contributed by atoms with Crippen molar-refractivity contribution in [2.45, 2.75) is 38.3 Å².